The zero-order chi connectivity index (χ0) is 36.4. The number of hydrogen-bond donors (Lipinski definition) is 1. The zero-order valence-corrected chi connectivity index (χ0v) is 32.6. The van der Waals surface area contributed by atoms with Crippen molar-refractivity contribution in [3.63, 3.8) is 0 Å². The summed E-state index contributed by atoms with van der Waals surface area (Å²) in [5, 5.41) is 9.56. The molecule has 0 heterocycles. The minimum atomic E-state index is -0.801. The SMILES string of the molecule is CCCCCC=CCC=CCC=CCC=CCC=CCCC(=O)OCC(CO)OC(=O)CCCCCCCCCCCCCCCCCCC. The molecule has 0 spiro atoms. The second-order valence-corrected chi connectivity index (χ2v) is 13.7. The molecule has 5 nitrogen and oxygen atoms in total. The van der Waals surface area contributed by atoms with Crippen molar-refractivity contribution in [3.8, 4) is 0 Å². The molecule has 0 aromatic rings. The van der Waals surface area contributed by atoms with Gasteiger partial charge in [-0.3, -0.25) is 9.59 Å². The number of carbonyl (C=O) groups is 2. The molecule has 0 bridgehead atoms. The smallest absolute Gasteiger partial charge is 0.306 e. The Balaban J connectivity index is 3.66. The highest BCUT2D eigenvalue weighted by molar-refractivity contribution is 5.70. The molecular formula is C45H78O5. The highest BCUT2D eigenvalue weighted by Gasteiger charge is 2.15. The molecule has 1 atom stereocenters. The highest BCUT2D eigenvalue weighted by atomic mass is 16.6. The molecule has 0 aromatic carbocycles. The van der Waals surface area contributed by atoms with Gasteiger partial charge in [0.2, 0.25) is 0 Å². The Kier molecular flexibility index (Phi) is 39.1. The molecule has 0 fully saturated rings. The van der Waals surface area contributed by atoms with Gasteiger partial charge in [-0.25, -0.2) is 0 Å². The van der Waals surface area contributed by atoms with E-state index < -0.39 is 6.10 Å². The lowest BCUT2D eigenvalue weighted by Gasteiger charge is -2.15. The molecule has 0 aromatic heterocycles. The molecule has 288 valence electrons. The predicted octanol–water partition coefficient (Wildman–Crippen LogP) is 13.2. The number of unbranched alkanes of at least 4 members (excludes halogenated alkanes) is 19. The third-order valence-corrected chi connectivity index (χ3v) is 8.83. The predicted molar refractivity (Wildman–Crippen MR) is 214 cm³/mol. The summed E-state index contributed by atoms with van der Waals surface area (Å²) in [7, 11) is 0. The molecule has 0 radical (unpaired) electrons. The van der Waals surface area contributed by atoms with Crippen LogP contribution in [0, 0.1) is 0 Å². The monoisotopic (exact) mass is 699 g/mol. The fourth-order valence-electron chi connectivity index (χ4n) is 5.65. The van der Waals surface area contributed by atoms with Crippen molar-refractivity contribution >= 4 is 11.9 Å². The summed E-state index contributed by atoms with van der Waals surface area (Å²) in [5.41, 5.74) is 0. The lowest BCUT2D eigenvalue weighted by molar-refractivity contribution is -0.161. The standard InChI is InChI=1S/C45H78O5/c1-3-5-7-9-11-13-15-17-19-21-22-24-25-27-29-31-33-35-37-39-44(47)49-42-43(41-46)50-45(48)40-38-36-34-32-30-28-26-23-20-18-16-14-12-10-8-6-4-2/h11,13,17,19,22,24,27,29,33,35,43,46H,3-10,12,14-16,18,20-21,23,25-26,28,30-32,34,36-42H2,1-2H3. The minimum absolute atomic E-state index is 0.105. The largest absolute Gasteiger partial charge is 0.462 e. The van der Waals surface area contributed by atoms with Gasteiger partial charge in [-0.15, -0.1) is 0 Å². The number of rotatable bonds is 37. The van der Waals surface area contributed by atoms with Crippen LogP contribution in [0.4, 0.5) is 0 Å². The summed E-state index contributed by atoms with van der Waals surface area (Å²) in [6.07, 6.45) is 52.9. The lowest BCUT2D eigenvalue weighted by atomic mass is 10.0. The van der Waals surface area contributed by atoms with Crippen LogP contribution in [0.5, 0.6) is 0 Å². The van der Waals surface area contributed by atoms with Crippen molar-refractivity contribution in [1.82, 2.24) is 0 Å². The van der Waals surface area contributed by atoms with E-state index in [1.165, 1.54) is 116 Å². The molecule has 0 aliphatic rings. The van der Waals surface area contributed by atoms with E-state index in [0.29, 0.717) is 12.8 Å². The maximum atomic E-state index is 12.2. The van der Waals surface area contributed by atoms with E-state index in [-0.39, 0.29) is 31.6 Å². The van der Waals surface area contributed by atoms with E-state index in [1.54, 1.807) is 0 Å². The van der Waals surface area contributed by atoms with E-state index in [2.05, 4.69) is 62.5 Å². The Labute approximate surface area is 309 Å². The van der Waals surface area contributed by atoms with E-state index >= 15 is 0 Å². The molecule has 0 amide bonds. The average Bonchev–Trinajstić information content (AvgIpc) is 3.12. The average molecular weight is 699 g/mol. The fraction of sp³-hybridized carbons (Fsp3) is 0.733. The molecule has 5 heteroatoms. The second-order valence-electron chi connectivity index (χ2n) is 13.7. The van der Waals surface area contributed by atoms with Crippen LogP contribution in [0.25, 0.3) is 0 Å². The van der Waals surface area contributed by atoms with Gasteiger partial charge in [0.25, 0.3) is 0 Å². The van der Waals surface area contributed by atoms with Gasteiger partial charge in [-0.05, 0) is 51.4 Å². The van der Waals surface area contributed by atoms with Crippen molar-refractivity contribution in [3.05, 3.63) is 60.8 Å². The van der Waals surface area contributed by atoms with Crippen molar-refractivity contribution in [2.45, 2.75) is 200 Å². The summed E-state index contributed by atoms with van der Waals surface area (Å²) >= 11 is 0. The first-order valence-corrected chi connectivity index (χ1v) is 20.8. The van der Waals surface area contributed by atoms with Gasteiger partial charge < -0.3 is 14.6 Å². The first kappa shape index (κ1) is 47.6. The van der Waals surface area contributed by atoms with Crippen LogP contribution in [0.1, 0.15) is 194 Å². The minimum Gasteiger partial charge on any atom is -0.462 e. The van der Waals surface area contributed by atoms with Crippen LogP contribution in [0.15, 0.2) is 60.8 Å². The molecule has 0 rings (SSSR count). The first-order valence-electron chi connectivity index (χ1n) is 20.8. The van der Waals surface area contributed by atoms with Crippen LogP contribution in [-0.2, 0) is 19.1 Å². The number of esters is 2. The van der Waals surface area contributed by atoms with Gasteiger partial charge in [0.15, 0.2) is 6.10 Å². The van der Waals surface area contributed by atoms with E-state index in [4.69, 9.17) is 9.47 Å². The number of carbonyl (C=O) groups excluding carboxylic acids is 2. The number of hydrogen-bond acceptors (Lipinski definition) is 5. The number of ether oxygens (including phenoxy) is 2. The van der Waals surface area contributed by atoms with Crippen LogP contribution >= 0.6 is 0 Å². The maximum Gasteiger partial charge on any atom is 0.306 e. The van der Waals surface area contributed by atoms with Crippen molar-refractivity contribution < 1.29 is 24.2 Å². The Hall–Kier alpha value is -2.40. The van der Waals surface area contributed by atoms with E-state index in [0.717, 1.165) is 44.9 Å². The molecule has 1 N–H and O–H groups in total. The van der Waals surface area contributed by atoms with Crippen molar-refractivity contribution in [2.24, 2.45) is 0 Å². The summed E-state index contributed by atoms with van der Waals surface area (Å²) in [4.78, 5) is 24.3. The summed E-state index contributed by atoms with van der Waals surface area (Å²) < 4.78 is 10.6. The first-order chi connectivity index (χ1) is 24.6. The van der Waals surface area contributed by atoms with Gasteiger partial charge in [0.1, 0.15) is 6.61 Å². The fourth-order valence-corrected chi connectivity index (χ4v) is 5.65. The Morgan fingerprint density at radius 3 is 1.28 bits per heavy atom. The topological polar surface area (TPSA) is 72.8 Å². The number of aliphatic hydroxyl groups is 1. The summed E-state index contributed by atoms with van der Waals surface area (Å²) in [5.74, 6) is -0.684. The van der Waals surface area contributed by atoms with Crippen LogP contribution in [0.3, 0.4) is 0 Å². The van der Waals surface area contributed by atoms with Crippen molar-refractivity contribution in [1.29, 1.82) is 0 Å². The van der Waals surface area contributed by atoms with Crippen molar-refractivity contribution in [2.75, 3.05) is 13.2 Å². The van der Waals surface area contributed by atoms with Gasteiger partial charge in [0, 0.05) is 12.8 Å². The molecule has 0 aliphatic heterocycles. The third-order valence-electron chi connectivity index (χ3n) is 8.83. The van der Waals surface area contributed by atoms with Gasteiger partial charge in [-0.1, -0.05) is 190 Å². The Morgan fingerprint density at radius 2 is 0.840 bits per heavy atom. The molecule has 0 saturated carbocycles. The molecule has 0 saturated heterocycles. The lowest BCUT2D eigenvalue weighted by Crippen LogP contribution is -2.28. The molecule has 0 aliphatic carbocycles. The third kappa shape index (κ3) is 38.4. The van der Waals surface area contributed by atoms with Crippen LogP contribution in [0.2, 0.25) is 0 Å². The molecule has 1 unspecified atom stereocenters. The summed E-state index contributed by atoms with van der Waals surface area (Å²) in [6.45, 7) is 4.05. The van der Waals surface area contributed by atoms with E-state index in [1.807, 2.05) is 12.2 Å². The van der Waals surface area contributed by atoms with E-state index in [9.17, 15) is 14.7 Å². The quantitative estimate of drug-likeness (QED) is 0.0397. The molecular weight excluding hydrogens is 620 g/mol. The second kappa shape index (κ2) is 41.0. The normalized spacial score (nSPS) is 12.8. The number of allylic oxidation sites excluding steroid dienone is 10. The molecule has 50 heavy (non-hydrogen) atoms. The Bertz CT molecular complexity index is 884. The van der Waals surface area contributed by atoms with Crippen LogP contribution in [-0.4, -0.2) is 36.4 Å². The van der Waals surface area contributed by atoms with Gasteiger partial charge in [-0.2, -0.15) is 0 Å². The maximum absolute atomic E-state index is 12.2. The van der Waals surface area contributed by atoms with Gasteiger partial charge >= 0.3 is 11.9 Å². The van der Waals surface area contributed by atoms with Gasteiger partial charge in [0.05, 0.1) is 6.61 Å². The zero-order valence-electron chi connectivity index (χ0n) is 32.6. The number of aliphatic hydroxyl groups excluding tert-OH is 1. The Morgan fingerprint density at radius 1 is 0.460 bits per heavy atom. The highest BCUT2D eigenvalue weighted by Crippen LogP contribution is 2.15. The van der Waals surface area contributed by atoms with Crippen LogP contribution < -0.4 is 0 Å². The summed E-state index contributed by atoms with van der Waals surface area (Å²) in [6, 6.07) is 0.